The third kappa shape index (κ3) is 6.55. The maximum absolute atomic E-state index is 13.7. The zero-order chi connectivity index (χ0) is 23.1. The third-order valence-corrected chi connectivity index (χ3v) is 6.65. The van der Waals surface area contributed by atoms with Crippen LogP contribution in [0.1, 0.15) is 16.4 Å². The Kier molecular flexibility index (Phi) is 7.88. The van der Waals surface area contributed by atoms with E-state index in [1.54, 1.807) is 60.9 Å². The fourth-order valence-corrected chi connectivity index (χ4v) is 4.57. The summed E-state index contributed by atoms with van der Waals surface area (Å²) in [5, 5.41) is 2.59. The van der Waals surface area contributed by atoms with E-state index in [1.807, 2.05) is 0 Å². The van der Waals surface area contributed by atoms with E-state index in [9.17, 15) is 18.0 Å². The van der Waals surface area contributed by atoms with E-state index in [0.29, 0.717) is 16.0 Å². The Morgan fingerprint density at radius 1 is 1.12 bits per heavy atom. The van der Waals surface area contributed by atoms with Gasteiger partial charge in [0.1, 0.15) is 31.8 Å². The Labute approximate surface area is 194 Å². The van der Waals surface area contributed by atoms with Crippen LogP contribution in [0.3, 0.4) is 0 Å². The molecule has 0 saturated carbocycles. The fourth-order valence-electron chi connectivity index (χ4n) is 2.99. The maximum atomic E-state index is 13.7. The molecule has 2 heterocycles. The highest BCUT2D eigenvalue weighted by Gasteiger charge is 2.33. The number of carbonyl (C=O) groups is 2. The molecule has 0 aliphatic rings. The number of amides is 2. The highest BCUT2D eigenvalue weighted by atomic mass is 32.2. The summed E-state index contributed by atoms with van der Waals surface area (Å²) in [6.45, 7) is 0.0946. The van der Waals surface area contributed by atoms with Crippen LogP contribution < -0.4 is 14.8 Å². The lowest BCUT2D eigenvalue weighted by molar-refractivity contribution is -0.130. The number of carbonyl (C=O) groups excluding carboxylic acids is 2. The van der Waals surface area contributed by atoms with Gasteiger partial charge in [0, 0.05) is 30.1 Å². The number of sulfone groups is 1. The summed E-state index contributed by atoms with van der Waals surface area (Å²) in [6, 6.07) is 13.8. The molecule has 0 spiro atoms. The van der Waals surface area contributed by atoms with E-state index >= 15 is 0 Å². The van der Waals surface area contributed by atoms with E-state index in [2.05, 4.69) is 25.5 Å². The predicted molar refractivity (Wildman–Crippen MR) is 125 cm³/mol. The Bertz CT molecular complexity index is 1170. The first-order valence-corrected chi connectivity index (χ1v) is 13.0. The Morgan fingerprint density at radius 2 is 1.84 bits per heavy atom. The first kappa shape index (κ1) is 23.8. The number of nitrogens with zero attached hydrogens (tertiary/aromatic N) is 3. The molecule has 0 aliphatic heterocycles. The van der Waals surface area contributed by atoms with Crippen molar-refractivity contribution in [2.24, 2.45) is 0 Å². The van der Waals surface area contributed by atoms with Crippen molar-refractivity contribution in [2.75, 3.05) is 23.5 Å². The number of aromatic nitrogens is 2. The fraction of sp³-hybridized carbons (Fsp3) is 0.238. The molecule has 3 rings (SSSR count). The van der Waals surface area contributed by atoms with E-state index < -0.39 is 27.6 Å². The van der Waals surface area contributed by atoms with E-state index in [-0.39, 0.29) is 18.8 Å². The number of hydrogen-bond acceptors (Lipinski definition) is 7. The number of benzene rings is 1. The van der Waals surface area contributed by atoms with Crippen molar-refractivity contribution >= 4 is 53.7 Å². The van der Waals surface area contributed by atoms with Crippen molar-refractivity contribution in [3.05, 3.63) is 71.4 Å². The lowest BCUT2D eigenvalue weighted by Crippen LogP contribution is -2.43. The molecule has 0 bridgehead atoms. The van der Waals surface area contributed by atoms with Crippen LogP contribution in [0.2, 0.25) is 0 Å². The average molecular weight is 486 g/mol. The molecule has 1 N–H and O–H groups in total. The Morgan fingerprint density at radius 3 is 2.44 bits per heavy atom. The number of rotatable bonds is 9. The zero-order valence-corrected chi connectivity index (χ0v) is 19.9. The standard InChI is InChI=1S/C21H21N4O4S2Si/c1-31(28,29)12-11-23-19(26)18(15-7-3-2-4-8-15)20(27)25(17-9-5-6-10-22-17)14-16-13-24-21(32)30-16/h2-10,13,18H,11-12,14H2,1H3,(H,23,26). The number of anilines is 1. The minimum atomic E-state index is -3.26. The minimum Gasteiger partial charge on any atom is -0.354 e. The van der Waals surface area contributed by atoms with Crippen LogP contribution in [0.25, 0.3) is 0 Å². The molecule has 0 aliphatic carbocycles. The second-order valence-electron chi connectivity index (χ2n) is 7.01. The summed E-state index contributed by atoms with van der Waals surface area (Å²) >= 11 is 1.37. The van der Waals surface area contributed by atoms with Crippen molar-refractivity contribution in [1.29, 1.82) is 0 Å². The smallest absolute Gasteiger partial charge is 0.245 e. The van der Waals surface area contributed by atoms with Crippen molar-refractivity contribution in [2.45, 2.75) is 12.5 Å². The van der Waals surface area contributed by atoms with Crippen LogP contribution in [-0.4, -0.2) is 59.0 Å². The summed E-state index contributed by atoms with van der Waals surface area (Å²) < 4.78 is 23.6. The summed E-state index contributed by atoms with van der Waals surface area (Å²) in [6.07, 6.45) is 4.32. The highest BCUT2D eigenvalue weighted by molar-refractivity contribution is 7.90. The molecule has 0 fully saturated rings. The molecular formula is C21H21N4O4S2Si. The van der Waals surface area contributed by atoms with Gasteiger partial charge in [-0.25, -0.2) is 13.4 Å². The minimum absolute atomic E-state index is 0.0839. The molecule has 3 aromatic rings. The van der Waals surface area contributed by atoms with Crippen LogP contribution >= 0.6 is 11.3 Å². The van der Waals surface area contributed by atoms with Crippen molar-refractivity contribution in [3.8, 4) is 0 Å². The van der Waals surface area contributed by atoms with E-state index in [4.69, 9.17) is 0 Å². The lowest BCUT2D eigenvalue weighted by atomic mass is 9.96. The molecular weight excluding hydrogens is 464 g/mol. The molecule has 3 radical (unpaired) electrons. The molecule has 1 atom stereocenters. The van der Waals surface area contributed by atoms with Gasteiger partial charge in [-0.1, -0.05) is 36.4 Å². The summed E-state index contributed by atoms with van der Waals surface area (Å²) in [7, 11) is 0.119. The average Bonchev–Trinajstić information content (AvgIpc) is 3.17. The van der Waals surface area contributed by atoms with Gasteiger partial charge in [0.05, 0.1) is 16.9 Å². The van der Waals surface area contributed by atoms with Crippen LogP contribution in [-0.2, 0) is 26.0 Å². The molecule has 11 heteroatoms. The zero-order valence-electron chi connectivity index (χ0n) is 17.3. The van der Waals surface area contributed by atoms with E-state index in [1.165, 1.54) is 16.2 Å². The second-order valence-corrected chi connectivity index (χ2v) is 11.2. The van der Waals surface area contributed by atoms with Crippen LogP contribution in [0, 0.1) is 0 Å². The molecule has 0 saturated heterocycles. The summed E-state index contributed by atoms with van der Waals surface area (Å²) in [4.78, 5) is 37.5. The van der Waals surface area contributed by atoms with Gasteiger partial charge in [-0.15, -0.1) is 11.3 Å². The molecule has 1 unspecified atom stereocenters. The van der Waals surface area contributed by atoms with Gasteiger partial charge in [0.2, 0.25) is 11.8 Å². The molecule has 32 heavy (non-hydrogen) atoms. The van der Waals surface area contributed by atoms with E-state index in [0.717, 1.165) is 11.1 Å². The molecule has 2 aromatic heterocycles. The monoisotopic (exact) mass is 485 g/mol. The summed E-state index contributed by atoms with van der Waals surface area (Å²) in [5.74, 6) is -2.04. The first-order valence-electron chi connectivity index (χ1n) is 9.63. The first-order chi connectivity index (χ1) is 15.2. The molecule has 8 nitrogen and oxygen atoms in total. The quantitative estimate of drug-likeness (QED) is 0.355. The lowest BCUT2D eigenvalue weighted by Gasteiger charge is -2.26. The van der Waals surface area contributed by atoms with Crippen LogP contribution in [0.4, 0.5) is 5.82 Å². The summed E-state index contributed by atoms with van der Waals surface area (Å²) in [5.41, 5.74) is 0.500. The predicted octanol–water partition coefficient (Wildman–Crippen LogP) is 0.810. The van der Waals surface area contributed by atoms with Gasteiger partial charge in [-0.2, -0.15) is 0 Å². The van der Waals surface area contributed by atoms with Gasteiger partial charge in [-0.05, 0) is 17.7 Å². The number of thiazole rings is 1. The normalized spacial score (nSPS) is 12.2. The third-order valence-electron chi connectivity index (χ3n) is 4.47. The Balaban J connectivity index is 1.94. The number of pyridine rings is 1. The highest BCUT2D eigenvalue weighted by Crippen LogP contribution is 2.24. The van der Waals surface area contributed by atoms with Crippen molar-refractivity contribution in [3.63, 3.8) is 0 Å². The van der Waals surface area contributed by atoms with Crippen LogP contribution in [0.15, 0.2) is 60.9 Å². The molecule has 1 aromatic carbocycles. The van der Waals surface area contributed by atoms with Gasteiger partial charge in [0.25, 0.3) is 0 Å². The molecule has 165 valence electrons. The van der Waals surface area contributed by atoms with Gasteiger partial charge >= 0.3 is 0 Å². The Hall–Kier alpha value is -2.89. The van der Waals surface area contributed by atoms with Crippen molar-refractivity contribution < 1.29 is 18.0 Å². The van der Waals surface area contributed by atoms with Gasteiger partial charge < -0.3 is 5.32 Å². The topological polar surface area (TPSA) is 109 Å². The van der Waals surface area contributed by atoms with Crippen LogP contribution in [0.5, 0.6) is 0 Å². The number of hydrogen-bond donors (Lipinski definition) is 1. The maximum Gasteiger partial charge on any atom is 0.245 e. The largest absolute Gasteiger partial charge is 0.354 e. The van der Waals surface area contributed by atoms with Gasteiger partial charge in [-0.3, -0.25) is 19.5 Å². The molecule has 2 amide bonds. The van der Waals surface area contributed by atoms with Crippen molar-refractivity contribution in [1.82, 2.24) is 15.3 Å². The van der Waals surface area contributed by atoms with Gasteiger partial charge in [0.15, 0.2) is 0 Å². The SMILES string of the molecule is CS(=O)(=O)CCNC(=O)C(C(=O)N(Cc1cnc([Si])s1)c1ccccn1)c1ccccc1. The second kappa shape index (κ2) is 10.6. The number of nitrogens with one attached hydrogen (secondary N) is 1.